The van der Waals surface area contributed by atoms with Gasteiger partial charge in [0.05, 0.1) is 0 Å². The van der Waals surface area contributed by atoms with Crippen LogP contribution in [0.4, 0.5) is 5.69 Å². The molecule has 4 nitrogen and oxygen atoms in total. The normalized spacial score (nSPS) is 10.8. The summed E-state index contributed by atoms with van der Waals surface area (Å²) in [5.74, 6) is 1.69. The number of rotatable bonds is 3. The topological polar surface area (TPSA) is 56.7 Å². The van der Waals surface area contributed by atoms with Gasteiger partial charge in [0.1, 0.15) is 5.82 Å². The van der Waals surface area contributed by atoms with Crippen molar-refractivity contribution in [2.45, 2.75) is 17.8 Å². The van der Waals surface area contributed by atoms with Crippen molar-refractivity contribution < 1.29 is 0 Å². The second-order valence-electron chi connectivity index (χ2n) is 3.69. The molecule has 0 amide bonds. The summed E-state index contributed by atoms with van der Waals surface area (Å²) < 4.78 is 3.00. The largest absolute Gasteiger partial charge is 0.398 e. The number of anilines is 1. The molecule has 0 aliphatic rings. The van der Waals surface area contributed by atoms with Crippen molar-refractivity contribution >= 4 is 33.4 Å². The van der Waals surface area contributed by atoms with Crippen LogP contribution in [0.2, 0.25) is 0 Å². The smallest absolute Gasteiger partial charge is 0.191 e. The van der Waals surface area contributed by atoms with Gasteiger partial charge < -0.3 is 10.3 Å². The molecular weight excluding hydrogens is 300 g/mol. The molecule has 2 N–H and O–H groups in total. The fraction of sp³-hybridized carbons (Fsp3) is 0.273. The third-order valence-electron chi connectivity index (χ3n) is 2.55. The van der Waals surface area contributed by atoms with E-state index >= 15 is 0 Å². The van der Waals surface area contributed by atoms with E-state index in [4.69, 9.17) is 5.73 Å². The molecule has 0 saturated carbocycles. The first kappa shape index (κ1) is 12.4. The van der Waals surface area contributed by atoms with Gasteiger partial charge in [-0.1, -0.05) is 33.8 Å². The van der Waals surface area contributed by atoms with Gasteiger partial charge in [0.15, 0.2) is 5.16 Å². The summed E-state index contributed by atoms with van der Waals surface area (Å²) in [4.78, 5) is 0. The summed E-state index contributed by atoms with van der Waals surface area (Å²) in [6, 6.07) is 5.83. The second kappa shape index (κ2) is 5.10. The van der Waals surface area contributed by atoms with Gasteiger partial charge in [0, 0.05) is 23.0 Å². The van der Waals surface area contributed by atoms with Crippen molar-refractivity contribution in [3.05, 3.63) is 34.1 Å². The van der Waals surface area contributed by atoms with Crippen molar-refractivity contribution in [1.29, 1.82) is 0 Å². The highest BCUT2D eigenvalue weighted by atomic mass is 79.9. The Kier molecular flexibility index (Phi) is 3.73. The van der Waals surface area contributed by atoms with E-state index in [1.54, 1.807) is 11.8 Å². The molecule has 2 aromatic rings. The van der Waals surface area contributed by atoms with Crippen LogP contribution in [-0.2, 0) is 12.8 Å². The number of nitrogen functional groups attached to an aromatic ring is 1. The van der Waals surface area contributed by atoms with E-state index in [2.05, 4.69) is 26.1 Å². The highest BCUT2D eigenvalue weighted by Crippen LogP contribution is 2.29. The lowest BCUT2D eigenvalue weighted by Crippen LogP contribution is -1.96. The van der Waals surface area contributed by atoms with E-state index in [1.807, 2.05) is 36.7 Å². The second-order valence-corrected chi connectivity index (χ2v) is 5.48. The molecule has 17 heavy (non-hydrogen) atoms. The van der Waals surface area contributed by atoms with Gasteiger partial charge in [-0.15, -0.1) is 10.2 Å². The van der Waals surface area contributed by atoms with Crippen LogP contribution in [0.5, 0.6) is 0 Å². The van der Waals surface area contributed by atoms with Gasteiger partial charge >= 0.3 is 0 Å². The van der Waals surface area contributed by atoms with Crippen molar-refractivity contribution in [3.8, 4) is 0 Å². The molecule has 2 rings (SSSR count). The third kappa shape index (κ3) is 2.63. The lowest BCUT2D eigenvalue weighted by atomic mass is 10.2. The van der Waals surface area contributed by atoms with Gasteiger partial charge in [-0.25, -0.2) is 0 Å². The van der Waals surface area contributed by atoms with Crippen LogP contribution in [-0.4, -0.2) is 14.8 Å². The molecule has 0 radical (unpaired) electrons. The van der Waals surface area contributed by atoms with Crippen LogP contribution in [0, 0.1) is 6.92 Å². The molecule has 90 valence electrons. The molecule has 0 spiro atoms. The van der Waals surface area contributed by atoms with Crippen molar-refractivity contribution in [2.75, 3.05) is 5.73 Å². The lowest BCUT2D eigenvalue weighted by Gasteiger charge is -2.07. The Balaban J connectivity index is 2.15. The van der Waals surface area contributed by atoms with E-state index in [0.717, 1.165) is 32.5 Å². The number of hydrogen-bond donors (Lipinski definition) is 1. The van der Waals surface area contributed by atoms with Crippen LogP contribution in [0.3, 0.4) is 0 Å². The van der Waals surface area contributed by atoms with Gasteiger partial charge in [-0.05, 0) is 24.6 Å². The highest BCUT2D eigenvalue weighted by molar-refractivity contribution is 9.10. The number of benzene rings is 1. The van der Waals surface area contributed by atoms with Crippen molar-refractivity contribution in [1.82, 2.24) is 14.8 Å². The molecule has 1 aromatic carbocycles. The van der Waals surface area contributed by atoms with Crippen LogP contribution in [0.25, 0.3) is 0 Å². The Bertz CT molecular complexity index is 518. The van der Waals surface area contributed by atoms with E-state index < -0.39 is 0 Å². The van der Waals surface area contributed by atoms with Crippen LogP contribution in [0.1, 0.15) is 11.4 Å². The molecule has 0 aliphatic heterocycles. The first-order chi connectivity index (χ1) is 8.09. The number of aryl methyl sites for hydroxylation is 1. The lowest BCUT2D eigenvalue weighted by molar-refractivity contribution is 0.765. The predicted molar refractivity (Wildman–Crippen MR) is 73.9 cm³/mol. The number of aromatic nitrogens is 3. The van der Waals surface area contributed by atoms with Gasteiger partial charge in [-0.3, -0.25) is 0 Å². The first-order valence-electron chi connectivity index (χ1n) is 5.11. The Morgan fingerprint density at radius 1 is 1.41 bits per heavy atom. The van der Waals surface area contributed by atoms with Crippen molar-refractivity contribution in [3.63, 3.8) is 0 Å². The fourth-order valence-electron chi connectivity index (χ4n) is 1.38. The zero-order valence-electron chi connectivity index (χ0n) is 9.64. The Labute approximate surface area is 113 Å². The minimum Gasteiger partial charge on any atom is -0.398 e. The number of nitrogens with zero attached hydrogens (tertiary/aromatic N) is 3. The summed E-state index contributed by atoms with van der Waals surface area (Å²) in [5, 5.41) is 9.03. The summed E-state index contributed by atoms with van der Waals surface area (Å²) in [5.41, 5.74) is 7.84. The molecule has 0 atom stereocenters. The average Bonchev–Trinajstić information content (AvgIpc) is 2.60. The van der Waals surface area contributed by atoms with Gasteiger partial charge in [0.2, 0.25) is 0 Å². The number of halogens is 1. The Morgan fingerprint density at radius 3 is 2.76 bits per heavy atom. The maximum absolute atomic E-state index is 5.94. The number of hydrogen-bond acceptors (Lipinski definition) is 4. The third-order valence-corrected chi connectivity index (χ3v) is 4.34. The van der Waals surface area contributed by atoms with Crippen LogP contribution >= 0.6 is 27.7 Å². The summed E-state index contributed by atoms with van der Waals surface area (Å²) in [6.07, 6.45) is 0. The van der Waals surface area contributed by atoms with E-state index in [9.17, 15) is 0 Å². The zero-order chi connectivity index (χ0) is 12.4. The Hall–Kier alpha value is -1.01. The minimum absolute atomic E-state index is 0.777. The summed E-state index contributed by atoms with van der Waals surface area (Å²) in [6.45, 7) is 1.93. The van der Waals surface area contributed by atoms with Crippen LogP contribution in [0.15, 0.2) is 27.8 Å². The molecule has 0 unspecified atom stereocenters. The van der Waals surface area contributed by atoms with Crippen molar-refractivity contribution in [2.24, 2.45) is 7.05 Å². The average molecular weight is 313 g/mol. The maximum atomic E-state index is 5.94. The number of thioether (sulfide) groups is 1. The first-order valence-corrected chi connectivity index (χ1v) is 6.89. The van der Waals surface area contributed by atoms with E-state index in [0.29, 0.717) is 0 Å². The van der Waals surface area contributed by atoms with Crippen LogP contribution < -0.4 is 5.73 Å². The molecule has 0 saturated heterocycles. The molecule has 1 aromatic heterocycles. The molecule has 6 heteroatoms. The minimum atomic E-state index is 0.777. The SMILES string of the molecule is Cc1nnc(SCc2c(N)cccc2Br)n1C. The molecule has 0 fully saturated rings. The standard InChI is InChI=1S/C11H13BrN4S/c1-7-14-15-11(16(7)2)17-6-8-9(12)4-3-5-10(8)13/h3-5H,6,13H2,1-2H3. The van der Waals surface area contributed by atoms with Gasteiger partial charge in [-0.2, -0.15) is 0 Å². The predicted octanol–water partition coefficient (Wildman–Crippen LogP) is 2.76. The van der Waals surface area contributed by atoms with E-state index in [-0.39, 0.29) is 0 Å². The highest BCUT2D eigenvalue weighted by Gasteiger charge is 2.09. The summed E-state index contributed by atoms with van der Waals surface area (Å²) >= 11 is 5.14. The molecular formula is C11H13BrN4S. The number of nitrogens with two attached hydrogens (primary N) is 1. The molecule has 0 bridgehead atoms. The monoisotopic (exact) mass is 312 g/mol. The van der Waals surface area contributed by atoms with E-state index in [1.165, 1.54) is 0 Å². The zero-order valence-corrected chi connectivity index (χ0v) is 12.0. The maximum Gasteiger partial charge on any atom is 0.191 e. The quantitative estimate of drug-likeness (QED) is 0.699. The molecule has 0 aliphatic carbocycles. The van der Waals surface area contributed by atoms with Gasteiger partial charge in [0.25, 0.3) is 0 Å². The fourth-order valence-corrected chi connectivity index (χ4v) is 3.10. The Morgan fingerprint density at radius 2 is 2.18 bits per heavy atom. The summed E-state index contributed by atoms with van der Waals surface area (Å²) in [7, 11) is 1.96. The molecule has 1 heterocycles.